The van der Waals surface area contributed by atoms with Crippen LogP contribution >= 0.6 is 0 Å². The number of carbonyl (C=O) groups excluding carboxylic acids is 2. The van der Waals surface area contributed by atoms with Crippen LogP contribution < -0.4 is 10.6 Å². The number of amides is 2. The number of ether oxygens (including phenoxy) is 1. The first-order valence-corrected chi connectivity index (χ1v) is 11.8. The summed E-state index contributed by atoms with van der Waals surface area (Å²) in [5.74, 6) is 5.01. The second-order valence-corrected chi connectivity index (χ2v) is 12.3. The fraction of sp³-hybridized carbons (Fsp3) is 0.857. The molecule has 2 atom stereocenters. The molecule has 0 spiro atoms. The minimum atomic E-state index is -1.90. The molecule has 0 aliphatic carbocycles. The van der Waals surface area contributed by atoms with Gasteiger partial charge in [-0.3, -0.25) is 13.8 Å². The zero-order valence-corrected chi connectivity index (χ0v) is 18.7. The molecule has 2 amide bonds. The van der Waals surface area contributed by atoms with E-state index in [1.54, 1.807) is 0 Å². The monoisotopic (exact) mass is 418 g/mol. The minimum absolute atomic E-state index is 0. The van der Waals surface area contributed by atoms with Gasteiger partial charge in [-0.2, -0.15) is 0 Å². The SMILES string of the molecule is C.C=S1(=O)CCC(NC(=O)C(C)(C)C)C1.CC(C)(C)C(=O)NC1CCOCC1. The molecule has 0 aromatic carbocycles. The zero-order valence-electron chi connectivity index (χ0n) is 17.9. The van der Waals surface area contributed by atoms with Crippen molar-refractivity contribution in [3.63, 3.8) is 0 Å². The predicted molar refractivity (Wildman–Crippen MR) is 119 cm³/mol. The molecule has 0 aromatic rings. The fourth-order valence-corrected chi connectivity index (χ4v) is 4.51. The summed E-state index contributed by atoms with van der Waals surface area (Å²) < 4.78 is 16.8. The summed E-state index contributed by atoms with van der Waals surface area (Å²) in [6.07, 6.45) is 2.69. The first kappa shape index (κ1) is 26.9. The summed E-state index contributed by atoms with van der Waals surface area (Å²) in [5.41, 5.74) is -0.650. The van der Waals surface area contributed by atoms with E-state index in [1.807, 2.05) is 41.5 Å². The van der Waals surface area contributed by atoms with Crippen molar-refractivity contribution in [1.29, 1.82) is 0 Å². The van der Waals surface area contributed by atoms with Crippen LogP contribution in [0.4, 0.5) is 0 Å². The van der Waals surface area contributed by atoms with Gasteiger partial charge in [0.1, 0.15) is 0 Å². The smallest absolute Gasteiger partial charge is 0.225 e. The molecule has 2 saturated heterocycles. The van der Waals surface area contributed by atoms with Crippen LogP contribution in [0.5, 0.6) is 0 Å². The third-order valence-corrected chi connectivity index (χ3v) is 6.59. The predicted octanol–water partition coefficient (Wildman–Crippen LogP) is 2.60. The lowest BCUT2D eigenvalue weighted by Crippen LogP contribution is -2.44. The average molecular weight is 419 g/mol. The van der Waals surface area contributed by atoms with E-state index in [1.165, 1.54) is 0 Å². The van der Waals surface area contributed by atoms with E-state index in [0.717, 1.165) is 32.5 Å². The van der Waals surface area contributed by atoms with E-state index in [9.17, 15) is 13.8 Å². The first-order valence-electron chi connectivity index (χ1n) is 9.73. The molecule has 2 heterocycles. The summed E-state index contributed by atoms with van der Waals surface area (Å²) in [4.78, 5) is 23.2. The molecular weight excluding hydrogens is 376 g/mol. The lowest BCUT2D eigenvalue weighted by Gasteiger charge is -2.27. The van der Waals surface area contributed by atoms with Gasteiger partial charge in [-0.15, -0.1) is 0 Å². The van der Waals surface area contributed by atoms with Gasteiger partial charge in [-0.25, -0.2) is 0 Å². The van der Waals surface area contributed by atoms with Gasteiger partial charge < -0.3 is 15.4 Å². The molecule has 0 bridgehead atoms. The van der Waals surface area contributed by atoms with Crippen molar-refractivity contribution in [1.82, 2.24) is 10.6 Å². The molecule has 0 radical (unpaired) electrons. The molecule has 166 valence electrons. The largest absolute Gasteiger partial charge is 0.381 e. The van der Waals surface area contributed by atoms with Crippen molar-refractivity contribution < 1.29 is 18.5 Å². The van der Waals surface area contributed by atoms with Crippen LogP contribution in [-0.2, 0) is 23.8 Å². The van der Waals surface area contributed by atoms with Gasteiger partial charge in [0.15, 0.2) is 0 Å². The van der Waals surface area contributed by atoms with Gasteiger partial charge >= 0.3 is 0 Å². The maximum absolute atomic E-state index is 11.6. The van der Waals surface area contributed by atoms with E-state index in [4.69, 9.17) is 4.74 Å². The Balaban J connectivity index is 0.000000504. The number of nitrogens with one attached hydrogen (secondary N) is 2. The molecular formula is C21H42N2O4S. The van der Waals surface area contributed by atoms with Gasteiger partial charge in [0.25, 0.3) is 0 Å². The molecule has 0 aromatic heterocycles. The summed E-state index contributed by atoms with van der Waals surface area (Å²) in [7, 11) is -1.90. The standard InChI is InChI=1S/C10H19NO2S.C10H19NO2.CH4/c1-10(2,3)9(12)11-8-5-6-14(4,13)7-8;1-10(2,3)9(12)11-8-4-6-13-7-5-8;/h8H,4-7H2,1-3H3,(H,11,12);8H,4-7H2,1-3H3,(H,11,12);1H4. The summed E-state index contributed by atoms with van der Waals surface area (Å²) >= 11 is 0. The van der Waals surface area contributed by atoms with Crippen LogP contribution in [0.1, 0.15) is 68.2 Å². The van der Waals surface area contributed by atoms with Crippen molar-refractivity contribution in [2.75, 3.05) is 24.7 Å². The maximum atomic E-state index is 11.6. The highest BCUT2D eigenvalue weighted by Crippen LogP contribution is 2.17. The Kier molecular flexibility index (Phi) is 10.2. The van der Waals surface area contributed by atoms with Crippen LogP contribution in [0, 0.1) is 10.8 Å². The average Bonchev–Trinajstić information content (AvgIpc) is 2.86. The minimum Gasteiger partial charge on any atom is -0.381 e. The molecule has 6 nitrogen and oxygen atoms in total. The van der Waals surface area contributed by atoms with Gasteiger partial charge in [0, 0.05) is 47.6 Å². The fourth-order valence-electron chi connectivity index (χ4n) is 2.65. The van der Waals surface area contributed by atoms with Crippen LogP contribution in [0.2, 0.25) is 0 Å². The summed E-state index contributed by atoms with van der Waals surface area (Å²) in [6, 6.07) is 0.382. The van der Waals surface area contributed by atoms with Crippen molar-refractivity contribution in [2.45, 2.75) is 80.3 Å². The highest BCUT2D eigenvalue weighted by atomic mass is 32.2. The van der Waals surface area contributed by atoms with Crippen molar-refractivity contribution in [3.05, 3.63) is 0 Å². The normalized spacial score (nSPS) is 25.7. The Hall–Kier alpha value is -1.08. The molecule has 28 heavy (non-hydrogen) atoms. The highest BCUT2D eigenvalue weighted by Gasteiger charge is 2.29. The van der Waals surface area contributed by atoms with E-state index in [2.05, 4.69) is 16.5 Å². The van der Waals surface area contributed by atoms with Crippen molar-refractivity contribution in [3.8, 4) is 0 Å². The van der Waals surface area contributed by atoms with Crippen LogP contribution in [0.15, 0.2) is 0 Å². The third-order valence-electron chi connectivity index (χ3n) is 4.60. The molecule has 0 saturated carbocycles. The number of carbonyl (C=O) groups is 2. The van der Waals surface area contributed by atoms with E-state index < -0.39 is 9.52 Å². The third kappa shape index (κ3) is 9.92. The topological polar surface area (TPSA) is 84.5 Å². The molecule has 2 fully saturated rings. The van der Waals surface area contributed by atoms with Crippen molar-refractivity contribution in [2.24, 2.45) is 10.8 Å². The first-order chi connectivity index (χ1) is 12.2. The molecule has 2 unspecified atom stereocenters. The quantitative estimate of drug-likeness (QED) is 0.675. The Morgan fingerprint density at radius 2 is 1.32 bits per heavy atom. The van der Waals surface area contributed by atoms with Crippen molar-refractivity contribution >= 4 is 27.2 Å². The second kappa shape index (κ2) is 10.6. The Morgan fingerprint density at radius 3 is 1.68 bits per heavy atom. The lowest BCUT2D eigenvalue weighted by atomic mass is 9.94. The molecule has 2 N–H and O–H groups in total. The van der Waals surface area contributed by atoms with E-state index in [-0.39, 0.29) is 36.1 Å². The van der Waals surface area contributed by atoms with Gasteiger partial charge in [-0.1, -0.05) is 49.0 Å². The summed E-state index contributed by atoms with van der Waals surface area (Å²) in [6.45, 7) is 13.0. The Bertz CT molecular complexity index is 609. The van der Waals surface area contributed by atoms with E-state index in [0.29, 0.717) is 17.5 Å². The summed E-state index contributed by atoms with van der Waals surface area (Å²) in [5, 5.41) is 5.96. The van der Waals surface area contributed by atoms with Gasteiger partial charge in [-0.05, 0) is 34.7 Å². The lowest BCUT2D eigenvalue weighted by molar-refractivity contribution is -0.130. The number of rotatable bonds is 2. The van der Waals surface area contributed by atoms with Crippen LogP contribution in [-0.4, -0.2) is 58.7 Å². The molecule has 2 aliphatic heterocycles. The Morgan fingerprint density at radius 1 is 0.893 bits per heavy atom. The molecule has 7 heteroatoms. The number of hydrogen-bond donors (Lipinski definition) is 2. The highest BCUT2D eigenvalue weighted by molar-refractivity contribution is 8.00. The van der Waals surface area contributed by atoms with Crippen LogP contribution in [0.3, 0.4) is 0 Å². The van der Waals surface area contributed by atoms with Gasteiger partial charge in [0.05, 0.1) is 0 Å². The van der Waals surface area contributed by atoms with Crippen LogP contribution in [0.25, 0.3) is 0 Å². The molecule has 2 aliphatic rings. The maximum Gasteiger partial charge on any atom is 0.225 e. The van der Waals surface area contributed by atoms with E-state index >= 15 is 0 Å². The van der Waals surface area contributed by atoms with Gasteiger partial charge in [0.2, 0.25) is 11.8 Å². The number of hydrogen-bond acceptors (Lipinski definition) is 4. The molecule has 2 rings (SSSR count). The Labute approximate surface area is 172 Å². The second-order valence-electron chi connectivity index (χ2n) is 9.66. The zero-order chi connectivity index (χ0) is 20.9.